The molecular formula is C17H22N2O2. The zero-order chi connectivity index (χ0) is 14.8. The van der Waals surface area contributed by atoms with Crippen LogP contribution in [0.5, 0.6) is 5.75 Å². The number of benzene rings is 1. The molecule has 1 N–H and O–H groups in total. The first-order valence-corrected chi connectivity index (χ1v) is 7.54. The van der Waals surface area contributed by atoms with Gasteiger partial charge in [-0.05, 0) is 43.0 Å². The van der Waals surface area contributed by atoms with Crippen LogP contribution in [0.1, 0.15) is 30.7 Å². The number of ether oxygens (including phenoxy) is 1. The number of aryl methyl sites for hydroxylation is 1. The van der Waals surface area contributed by atoms with Crippen LogP contribution in [0.4, 0.5) is 0 Å². The van der Waals surface area contributed by atoms with Crippen molar-refractivity contribution in [1.29, 1.82) is 0 Å². The predicted molar refractivity (Wildman–Crippen MR) is 82.4 cm³/mol. The zero-order valence-electron chi connectivity index (χ0n) is 12.9. The van der Waals surface area contributed by atoms with Gasteiger partial charge in [0.2, 0.25) is 0 Å². The molecule has 0 radical (unpaired) electrons. The molecule has 0 unspecified atom stereocenters. The Hall–Kier alpha value is -1.81. The van der Waals surface area contributed by atoms with E-state index >= 15 is 0 Å². The number of hydrogen-bond acceptors (Lipinski definition) is 4. The molecule has 1 aromatic carbocycles. The van der Waals surface area contributed by atoms with E-state index in [9.17, 15) is 0 Å². The van der Waals surface area contributed by atoms with Gasteiger partial charge in [0.15, 0.2) is 5.76 Å². The van der Waals surface area contributed by atoms with Crippen LogP contribution in [0.2, 0.25) is 0 Å². The van der Waals surface area contributed by atoms with Crippen LogP contribution in [-0.2, 0) is 19.4 Å². The predicted octanol–water partition coefficient (Wildman–Crippen LogP) is 3.19. The lowest BCUT2D eigenvalue weighted by Gasteiger charge is -2.16. The number of fused-ring (bicyclic) bond motifs is 3. The Morgan fingerprint density at radius 3 is 2.95 bits per heavy atom. The zero-order valence-corrected chi connectivity index (χ0v) is 12.9. The lowest BCUT2D eigenvalue weighted by Crippen LogP contribution is -2.20. The minimum Gasteiger partial charge on any atom is -0.497 e. The fraction of sp³-hybridized carbons (Fsp3) is 0.471. The highest BCUT2D eigenvalue weighted by Crippen LogP contribution is 2.37. The molecule has 21 heavy (non-hydrogen) atoms. The summed E-state index contributed by atoms with van der Waals surface area (Å²) in [5.41, 5.74) is 4.71. The molecule has 4 heteroatoms. The average Bonchev–Trinajstić information content (AvgIpc) is 2.90. The Labute approximate surface area is 125 Å². The second-order valence-electron chi connectivity index (χ2n) is 5.98. The minimum absolute atomic E-state index is 0.637. The first-order valence-electron chi connectivity index (χ1n) is 7.54. The van der Waals surface area contributed by atoms with Gasteiger partial charge in [0.05, 0.1) is 7.11 Å². The van der Waals surface area contributed by atoms with E-state index in [1.54, 1.807) is 7.11 Å². The maximum Gasteiger partial charge on any atom is 0.170 e. The van der Waals surface area contributed by atoms with E-state index in [-0.39, 0.29) is 0 Å². The smallest absolute Gasteiger partial charge is 0.170 e. The second kappa shape index (κ2) is 5.90. The quantitative estimate of drug-likeness (QED) is 0.917. The topological polar surface area (TPSA) is 47.3 Å². The first-order chi connectivity index (χ1) is 10.2. The highest BCUT2D eigenvalue weighted by molar-refractivity contribution is 5.70. The summed E-state index contributed by atoms with van der Waals surface area (Å²) >= 11 is 0. The van der Waals surface area contributed by atoms with E-state index < -0.39 is 0 Å². The SMILES string of the molecule is COc1ccc2c(c1)-c1onc(CNCC(C)C)c1CC2. The molecule has 2 aromatic rings. The van der Waals surface area contributed by atoms with Crippen molar-refractivity contribution in [2.75, 3.05) is 13.7 Å². The molecule has 0 amide bonds. The number of nitrogens with one attached hydrogen (secondary N) is 1. The van der Waals surface area contributed by atoms with Gasteiger partial charge in [0.25, 0.3) is 0 Å². The van der Waals surface area contributed by atoms with Crippen LogP contribution >= 0.6 is 0 Å². The van der Waals surface area contributed by atoms with E-state index in [4.69, 9.17) is 9.26 Å². The molecule has 0 fully saturated rings. The molecule has 3 rings (SSSR count). The third kappa shape index (κ3) is 2.81. The standard InChI is InChI=1S/C17H22N2O2/c1-11(2)9-18-10-16-14-7-5-12-4-6-13(20-3)8-15(12)17(14)21-19-16/h4,6,8,11,18H,5,7,9-10H2,1-3H3. The van der Waals surface area contributed by atoms with Crippen molar-refractivity contribution in [3.63, 3.8) is 0 Å². The molecule has 1 aliphatic rings. The summed E-state index contributed by atoms with van der Waals surface area (Å²) in [5, 5.41) is 7.71. The van der Waals surface area contributed by atoms with E-state index in [0.717, 1.165) is 48.7 Å². The molecule has 1 aliphatic carbocycles. The van der Waals surface area contributed by atoms with E-state index in [1.807, 2.05) is 12.1 Å². The lowest BCUT2D eigenvalue weighted by molar-refractivity contribution is 0.410. The van der Waals surface area contributed by atoms with Crippen molar-refractivity contribution < 1.29 is 9.26 Å². The molecule has 1 aromatic heterocycles. The van der Waals surface area contributed by atoms with Gasteiger partial charge in [-0.2, -0.15) is 0 Å². The van der Waals surface area contributed by atoms with Crippen LogP contribution in [0, 0.1) is 5.92 Å². The fourth-order valence-electron chi connectivity index (χ4n) is 2.80. The number of methoxy groups -OCH3 is 1. The van der Waals surface area contributed by atoms with Gasteiger partial charge in [-0.3, -0.25) is 0 Å². The monoisotopic (exact) mass is 286 g/mol. The third-order valence-corrected chi connectivity index (χ3v) is 3.92. The molecule has 0 bridgehead atoms. The molecule has 1 heterocycles. The van der Waals surface area contributed by atoms with Gasteiger partial charge >= 0.3 is 0 Å². The average molecular weight is 286 g/mol. The van der Waals surface area contributed by atoms with Crippen LogP contribution in [0.25, 0.3) is 11.3 Å². The molecule has 4 nitrogen and oxygen atoms in total. The summed E-state index contributed by atoms with van der Waals surface area (Å²) in [6, 6.07) is 6.17. The maximum absolute atomic E-state index is 5.63. The van der Waals surface area contributed by atoms with Crippen molar-refractivity contribution in [2.24, 2.45) is 5.92 Å². The van der Waals surface area contributed by atoms with E-state index in [1.165, 1.54) is 11.1 Å². The Morgan fingerprint density at radius 1 is 1.33 bits per heavy atom. The number of aromatic nitrogens is 1. The Morgan fingerprint density at radius 2 is 2.19 bits per heavy atom. The van der Waals surface area contributed by atoms with Crippen LogP contribution in [0.3, 0.4) is 0 Å². The van der Waals surface area contributed by atoms with Crippen molar-refractivity contribution in [2.45, 2.75) is 33.2 Å². The fourth-order valence-corrected chi connectivity index (χ4v) is 2.80. The Kier molecular flexibility index (Phi) is 3.97. The summed E-state index contributed by atoms with van der Waals surface area (Å²) in [4.78, 5) is 0. The van der Waals surface area contributed by atoms with Gasteiger partial charge in [0.1, 0.15) is 11.4 Å². The minimum atomic E-state index is 0.637. The Bertz CT molecular complexity index is 632. The summed E-state index contributed by atoms with van der Waals surface area (Å²) in [6.07, 6.45) is 2.03. The van der Waals surface area contributed by atoms with Crippen LogP contribution in [0.15, 0.2) is 22.7 Å². The number of hydrogen-bond donors (Lipinski definition) is 1. The first kappa shape index (κ1) is 14.1. The van der Waals surface area contributed by atoms with Gasteiger partial charge < -0.3 is 14.6 Å². The van der Waals surface area contributed by atoms with Crippen molar-refractivity contribution >= 4 is 0 Å². The van der Waals surface area contributed by atoms with E-state index in [0.29, 0.717) is 5.92 Å². The van der Waals surface area contributed by atoms with Crippen LogP contribution in [-0.4, -0.2) is 18.8 Å². The highest BCUT2D eigenvalue weighted by atomic mass is 16.5. The highest BCUT2D eigenvalue weighted by Gasteiger charge is 2.24. The Balaban J connectivity index is 1.86. The largest absolute Gasteiger partial charge is 0.497 e. The van der Waals surface area contributed by atoms with Crippen molar-refractivity contribution in [3.05, 3.63) is 35.0 Å². The number of rotatable bonds is 5. The molecule has 0 aliphatic heterocycles. The summed E-state index contributed by atoms with van der Waals surface area (Å²) in [5.74, 6) is 2.41. The van der Waals surface area contributed by atoms with Gasteiger partial charge in [-0.15, -0.1) is 0 Å². The summed E-state index contributed by atoms with van der Waals surface area (Å²) < 4.78 is 10.9. The molecule has 112 valence electrons. The van der Waals surface area contributed by atoms with Gasteiger partial charge in [-0.25, -0.2) is 0 Å². The second-order valence-corrected chi connectivity index (χ2v) is 5.98. The molecule has 0 atom stereocenters. The third-order valence-electron chi connectivity index (χ3n) is 3.92. The lowest BCUT2D eigenvalue weighted by atomic mass is 9.89. The number of nitrogens with zero attached hydrogens (tertiary/aromatic N) is 1. The van der Waals surface area contributed by atoms with Crippen LogP contribution < -0.4 is 10.1 Å². The van der Waals surface area contributed by atoms with E-state index in [2.05, 4.69) is 30.4 Å². The molecular weight excluding hydrogens is 264 g/mol. The molecule has 0 saturated carbocycles. The maximum atomic E-state index is 5.63. The van der Waals surface area contributed by atoms with Gasteiger partial charge in [-0.1, -0.05) is 25.1 Å². The van der Waals surface area contributed by atoms with Gasteiger partial charge in [0, 0.05) is 17.7 Å². The van der Waals surface area contributed by atoms with Crippen molar-refractivity contribution in [1.82, 2.24) is 10.5 Å². The molecule has 0 saturated heterocycles. The summed E-state index contributed by atoms with van der Waals surface area (Å²) in [6.45, 7) is 6.17. The molecule has 0 spiro atoms. The van der Waals surface area contributed by atoms with Crippen molar-refractivity contribution in [3.8, 4) is 17.1 Å². The summed E-state index contributed by atoms with van der Waals surface area (Å²) in [7, 11) is 1.69. The normalized spacial score (nSPS) is 13.1.